The first kappa shape index (κ1) is 13.3. The van der Waals surface area contributed by atoms with Crippen molar-refractivity contribution in [2.45, 2.75) is 6.54 Å². The highest BCUT2D eigenvalue weighted by Gasteiger charge is 2.25. The number of hydrogen-bond donors (Lipinski definition) is 1. The average Bonchev–Trinajstić information content (AvgIpc) is 2.85. The van der Waals surface area contributed by atoms with Gasteiger partial charge in [-0.1, -0.05) is 18.2 Å². The fourth-order valence-electron chi connectivity index (χ4n) is 2.37. The van der Waals surface area contributed by atoms with Gasteiger partial charge in [-0.15, -0.1) is 0 Å². The number of rotatable bonds is 3. The second kappa shape index (κ2) is 5.76. The van der Waals surface area contributed by atoms with E-state index in [0.29, 0.717) is 19.6 Å². The lowest BCUT2D eigenvalue weighted by Gasteiger charge is -2.34. The number of halogens is 1. The Balaban J connectivity index is 1.65. The molecule has 2 heterocycles. The van der Waals surface area contributed by atoms with Crippen LogP contribution in [0.1, 0.15) is 5.69 Å². The van der Waals surface area contributed by atoms with Crippen LogP contribution in [0, 0.1) is 0 Å². The predicted molar refractivity (Wildman–Crippen MR) is 80.4 cm³/mol. The zero-order valence-electron chi connectivity index (χ0n) is 10.9. The van der Waals surface area contributed by atoms with E-state index in [9.17, 15) is 4.79 Å². The number of hydrogen-bond acceptors (Lipinski definition) is 3. The van der Waals surface area contributed by atoms with Crippen LogP contribution in [0.3, 0.4) is 0 Å². The van der Waals surface area contributed by atoms with E-state index in [1.54, 1.807) is 6.20 Å². The predicted octanol–water partition coefficient (Wildman–Crippen LogP) is 2.02. The van der Waals surface area contributed by atoms with Crippen molar-refractivity contribution >= 4 is 27.5 Å². The third-order valence-corrected chi connectivity index (χ3v) is 4.10. The highest BCUT2D eigenvalue weighted by molar-refractivity contribution is 9.10. The second-order valence-electron chi connectivity index (χ2n) is 4.79. The minimum Gasteiger partial charge on any atom is -0.310 e. The maximum atomic E-state index is 12.3. The van der Waals surface area contributed by atoms with E-state index in [2.05, 4.69) is 31.0 Å². The molecular weight excluding hydrogens is 320 g/mol. The molecule has 1 aromatic carbocycles. The van der Waals surface area contributed by atoms with Crippen LogP contribution in [0.2, 0.25) is 0 Å². The monoisotopic (exact) mass is 334 g/mol. The smallest absolute Gasteiger partial charge is 0.241 e. The molecule has 0 unspecified atom stereocenters. The number of benzene rings is 1. The van der Waals surface area contributed by atoms with Crippen LogP contribution < -0.4 is 4.90 Å². The summed E-state index contributed by atoms with van der Waals surface area (Å²) in [5.74, 6) is 0.137. The van der Waals surface area contributed by atoms with Crippen LogP contribution in [-0.4, -0.2) is 40.6 Å². The molecule has 1 aliphatic rings. The quantitative estimate of drug-likeness (QED) is 0.934. The van der Waals surface area contributed by atoms with Gasteiger partial charge in [-0.05, 0) is 28.1 Å². The molecule has 0 spiro atoms. The lowest BCUT2D eigenvalue weighted by atomic mass is 10.2. The molecule has 20 heavy (non-hydrogen) atoms. The highest BCUT2D eigenvalue weighted by Crippen LogP contribution is 2.19. The molecule has 6 heteroatoms. The molecule has 1 amide bonds. The van der Waals surface area contributed by atoms with Crippen molar-refractivity contribution < 1.29 is 4.79 Å². The number of para-hydroxylation sites is 1. The number of nitrogens with zero attached hydrogens (tertiary/aromatic N) is 3. The SMILES string of the molecule is O=C1CN(Cc2[nH]ncc2Br)CCN1c1ccccc1. The van der Waals surface area contributed by atoms with E-state index in [1.165, 1.54) is 0 Å². The lowest BCUT2D eigenvalue weighted by molar-refractivity contribution is -0.121. The Morgan fingerprint density at radius 1 is 1.25 bits per heavy atom. The summed E-state index contributed by atoms with van der Waals surface area (Å²) >= 11 is 3.44. The molecule has 104 valence electrons. The average molecular weight is 335 g/mol. The summed E-state index contributed by atoms with van der Waals surface area (Å²) in [7, 11) is 0. The van der Waals surface area contributed by atoms with Crippen molar-refractivity contribution in [3.8, 4) is 0 Å². The minimum atomic E-state index is 0.137. The van der Waals surface area contributed by atoms with Crippen LogP contribution >= 0.6 is 15.9 Å². The van der Waals surface area contributed by atoms with Crippen LogP contribution in [0.4, 0.5) is 5.69 Å². The summed E-state index contributed by atoms with van der Waals surface area (Å²) in [6.07, 6.45) is 1.73. The van der Waals surface area contributed by atoms with Crippen LogP contribution in [0.5, 0.6) is 0 Å². The van der Waals surface area contributed by atoms with Crippen LogP contribution in [0.25, 0.3) is 0 Å². The lowest BCUT2D eigenvalue weighted by Crippen LogP contribution is -2.50. The summed E-state index contributed by atoms with van der Waals surface area (Å²) in [4.78, 5) is 16.2. The number of nitrogens with one attached hydrogen (secondary N) is 1. The zero-order valence-corrected chi connectivity index (χ0v) is 12.5. The number of aromatic nitrogens is 2. The topological polar surface area (TPSA) is 52.2 Å². The summed E-state index contributed by atoms with van der Waals surface area (Å²) in [6, 6.07) is 9.81. The Morgan fingerprint density at radius 3 is 2.70 bits per heavy atom. The van der Waals surface area contributed by atoms with E-state index in [1.807, 2.05) is 35.2 Å². The molecule has 0 bridgehead atoms. The second-order valence-corrected chi connectivity index (χ2v) is 5.64. The van der Waals surface area contributed by atoms with Gasteiger partial charge in [0.15, 0.2) is 0 Å². The van der Waals surface area contributed by atoms with E-state index in [0.717, 1.165) is 22.4 Å². The standard InChI is InChI=1S/C14H15BrN4O/c15-12-8-16-17-13(12)9-18-6-7-19(14(20)10-18)11-4-2-1-3-5-11/h1-5,8H,6-7,9-10H2,(H,16,17). The van der Waals surface area contributed by atoms with Crippen molar-refractivity contribution in [2.24, 2.45) is 0 Å². The molecule has 1 fully saturated rings. The first-order valence-electron chi connectivity index (χ1n) is 6.49. The summed E-state index contributed by atoms with van der Waals surface area (Å²) in [6.45, 7) is 2.70. The third-order valence-electron chi connectivity index (χ3n) is 3.42. The Hall–Kier alpha value is -1.66. The normalized spacial score (nSPS) is 16.6. The fourth-order valence-corrected chi connectivity index (χ4v) is 2.69. The largest absolute Gasteiger partial charge is 0.310 e. The first-order valence-corrected chi connectivity index (χ1v) is 7.29. The van der Waals surface area contributed by atoms with Gasteiger partial charge in [-0.3, -0.25) is 14.8 Å². The number of carbonyl (C=O) groups excluding carboxylic acids is 1. The maximum Gasteiger partial charge on any atom is 0.241 e. The van der Waals surface area contributed by atoms with Gasteiger partial charge < -0.3 is 4.90 Å². The maximum absolute atomic E-state index is 12.3. The van der Waals surface area contributed by atoms with E-state index < -0.39 is 0 Å². The molecule has 1 saturated heterocycles. The minimum absolute atomic E-state index is 0.137. The molecule has 1 aromatic heterocycles. The van der Waals surface area contributed by atoms with Gasteiger partial charge in [0.2, 0.25) is 5.91 Å². The molecule has 0 saturated carbocycles. The molecule has 1 N–H and O–H groups in total. The Labute approximate surface area is 125 Å². The Kier molecular flexibility index (Phi) is 3.84. The highest BCUT2D eigenvalue weighted by atomic mass is 79.9. The van der Waals surface area contributed by atoms with Gasteiger partial charge in [-0.2, -0.15) is 5.10 Å². The van der Waals surface area contributed by atoms with Gasteiger partial charge >= 0.3 is 0 Å². The van der Waals surface area contributed by atoms with Gasteiger partial charge in [0.25, 0.3) is 0 Å². The van der Waals surface area contributed by atoms with Crippen molar-refractivity contribution in [1.29, 1.82) is 0 Å². The summed E-state index contributed by atoms with van der Waals surface area (Å²) in [5.41, 5.74) is 1.98. The Morgan fingerprint density at radius 2 is 2.05 bits per heavy atom. The van der Waals surface area contributed by atoms with Crippen molar-refractivity contribution in [3.63, 3.8) is 0 Å². The summed E-state index contributed by atoms with van der Waals surface area (Å²) < 4.78 is 0.954. The van der Waals surface area contributed by atoms with Gasteiger partial charge in [0.05, 0.1) is 22.9 Å². The van der Waals surface area contributed by atoms with E-state index in [4.69, 9.17) is 0 Å². The zero-order chi connectivity index (χ0) is 13.9. The molecule has 0 aliphatic carbocycles. The van der Waals surface area contributed by atoms with Crippen LogP contribution in [-0.2, 0) is 11.3 Å². The van der Waals surface area contributed by atoms with Gasteiger partial charge in [-0.25, -0.2) is 0 Å². The van der Waals surface area contributed by atoms with Crippen molar-refractivity contribution in [2.75, 3.05) is 24.5 Å². The molecular formula is C14H15BrN4O. The molecule has 2 aromatic rings. The number of aromatic amines is 1. The van der Waals surface area contributed by atoms with E-state index in [-0.39, 0.29) is 5.91 Å². The number of H-pyrrole nitrogens is 1. The number of anilines is 1. The number of amides is 1. The first-order chi connectivity index (χ1) is 9.74. The van der Waals surface area contributed by atoms with E-state index >= 15 is 0 Å². The molecule has 5 nitrogen and oxygen atoms in total. The molecule has 0 atom stereocenters. The third kappa shape index (κ3) is 2.76. The number of piperazine rings is 1. The van der Waals surface area contributed by atoms with Crippen LogP contribution in [0.15, 0.2) is 41.0 Å². The van der Waals surface area contributed by atoms with Gasteiger partial charge in [0.1, 0.15) is 0 Å². The molecule has 3 rings (SSSR count). The van der Waals surface area contributed by atoms with Crippen molar-refractivity contribution in [1.82, 2.24) is 15.1 Å². The number of carbonyl (C=O) groups is 1. The molecule has 1 aliphatic heterocycles. The van der Waals surface area contributed by atoms with Gasteiger partial charge in [0, 0.05) is 25.3 Å². The Bertz CT molecular complexity index is 598. The summed E-state index contributed by atoms with van der Waals surface area (Å²) in [5, 5.41) is 6.92. The fraction of sp³-hybridized carbons (Fsp3) is 0.286. The molecule has 0 radical (unpaired) electrons. The van der Waals surface area contributed by atoms with Crippen molar-refractivity contribution in [3.05, 3.63) is 46.7 Å².